The molecule has 0 bridgehead atoms. The molecule has 2 aliphatic rings. The minimum Gasteiger partial charge on any atom is -0.375 e. The van der Waals surface area contributed by atoms with Gasteiger partial charge in [-0.05, 0) is 86.9 Å². The lowest BCUT2D eigenvalue weighted by atomic mass is 9.96. The van der Waals surface area contributed by atoms with Crippen LogP contribution in [-0.2, 0) is 9.53 Å². The van der Waals surface area contributed by atoms with Crippen molar-refractivity contribution < 1.29 is 9.53 Å². The van der Waals surface area contributed by atoms with E-state index in [1.54, 1.807) is 0 Å². The molecule has 1 aliphatic carbocycles. The van der Waals surface area contributed by atoms with E-state index >= 15 is 0 Å². The number of pyridine rings is 1. The van der Waals surface area contributed by atoms with Crippen LogP contribution in [0.15, 0.2) is 54.7 Å². The molecule has 8 heteroatoms. The van der Waals surface area contributed by atoms with Crippen molar-refractivity contribution in [1.29, 1.82) is 0 Å². The Balaban J connectivity index is 1.54. The molecule has 2 fully saturated rings. The molecule has 36 heavy (non-hydrogen) atoms. The highest BCUT2D eigenvalue weighted by atomic mass is 32.1. The Morgan fingerprint density at radius 2 is 1.92 bits per heavy atom. The van der Waals surface area contributed by atoms with Crippen molar-refractivity contribution >= 4 is 34.6 Å². The first-order valence-electron chi connectivity index (χ1n) is 12.6. The first-order valence-corrected chi connectivity index (χ1v) is 13.0. The maximum Gasteiger partial charge on any atom is 0.250 e. The number of aryl methyl sites for hydroxylation is 1. The second-order valence-electron chi connectivity index (χ2n) is 9.66. The van der Waals surface area contributed by atoms with Gasteiger partial charge in [0.1, 0.15) is 6.61 Å². The lowest BCUT2D eigenvalue weighted by Crippen LogP contribution is -2.29. The Kier molecular flexibility index (Phi) is 7.07. The highest BCUT2D eigenvalue weighted by Gasteiger charge is 2.42. The monoisotopic (exact) mass is 503 g/mol. The van der Waals surface area contributed by atoms with E-state index in [0.717, 1.165) is 17.1 Å². The lowest BCUT2D eigenvalue weighted by Gasteiger charge is -2.28. The van der Waals surface area contributed by atoms with E-state index in [4.69, 9.17) is 17.0 Å². The average molecular weight is 504 g/mol. The van der Waals surface area contributed by atoms with Crippen molar-refractivity contribution in [3.63, 3.8) is 0 Å². The average Bonchev–Trinajstić information content (AvgIpc) is 3.58. The number of carbonyl (C=O) groups excluding carboxylic acids is 1. The molecule has 2 unspecified atom stereocenters. The summed E-state index contributed by atoms with van der Waals surface area (Å²) in [4.78, 5) is 18.8. The summed E-state index contributed by atoms with van der Waals surface area (Å²) in [7, 11) is 1.51. The van der Waals surface area contributed by atoms with Gasteiger partial charge in [0.25, 0.3) is 0 Å². The molecule has 5 rings (SSSR count). The summed E-state index contributed by atoms with van der Waals surface area (Å²) < 4.78 is 7.45. The third-order valence-electron chi connectivity index (χ3n) is 7.33. The van der Waals surface area contributed by atoms with Gasteiger partial charge in [0.05, 0.1) is 17.8 Å². The van der Waals surface area contributed by atoms with Gasteiger partial charge in [0.2, 0.25) is 5.91 Å². The van der Waals surface area contributed by atoms with Gasteiger partial charge in [-0.25, -0.2) is 0 Å². The molecule has 1 saturated carbocycles. The Labute approximate surface area is 217 Å². The predicted molar refractivity (Wildman–Crippen MR) is 146 cm³/mol. The second-order valence-corrected chi connectivity index (χ2v) is 10.0. The van der Waals surface area contributed by atoms with Crippen LogP contribution >= 0.6 is 12.2 Å². The summed E-state index contributed by atoms with van der Waals surface area (Å²) in [6.45, 7) is 4.48. The van der Waals surface area contributed by atoms with E-state index in [9.17, 15) is 4.79 Å². The first kappa shape index (κ1) is 24.5. The summed E-state index contributed by atoms with van der Waals surface area (Å²) in [6, 6.07) is 16.6. The number of hydrogen-bond acceptors (Lipinski definition) is 4. The molecule has 3 heterocycles. The van der Waals surface area contributed by atoms with Gasteiger partial charge in [-0.15, -0.1) is 0 Å². The number of carbonyl (C=O) groups is 1. The van der Waals surface area contributed by atoms with Crippen LogP contribution in [0.3, 0.4) is 0 Å². The molecule has 2 atom stereocenters. The number of ether oxygens (including phenoxy) is 1. The fraction of sp³-hybridized carbons (Fsp3) is 0.393. The summed E-state index contributed by atoms with van der Waals surface area (Å²) >= 11 is 5.90. The summed E-state index contributed by atoms with van der Waals surface area (Å²) in [5.74, 6) is -0.184. The van der Waals surface area contributed by atoms with E-state index in [0.29, 0.717) is 11.2 Å². The summed E-state index contributed by atoms with van der Waals surface area (Å²) in [6.07, 6.45) is 6.89. The Hall–Kier alpha value is -3.23. The third kappa shape index (κ3) is 4.63. The molecule has 2 aromatic heterocycles. The summed E-state index contributed by atoms with van der Waals surface area (Å²) in [5.41, 5.74) is 6.50. The number of aromatic nitrogens is 2. The molecule has 188 valence electrons. The van der Waals surface area contributed by atoms with Crippen molar-refractivity contribution in [3.8, 4) is 0 Å². The normalized spacial score (nSPS) is 20.1. The number of thiocarbonyl (C=S) groups is 1. The van der Waals surface area contributed by atoms with E-state index < -0.39 is 0 Å². The predicted octanol–water partition coefficient (Wildman–Crippen LogP) is 5.38. The van der Waals surface area contributed by atoms with Crippen molar-refractivity contribution in [2.45, 2.75) is 57.7 Å². The van der Waals surface area contributed by atoms with E-state index in [-0.39, 0.29) is 24.6 Å². The Morgan fingerprint density at radius 3 is 2.58 bits per heavy atom. The van der Waals surface area contributed by atoms with Gasteiger partial charge < -0.3 is 24.8 Å². The zero-order chi connectivity index (χ0) is 25.2. The number of hydrogen-bond donors (Lipinski definition) is 2. The topological polar surface area (TPSA) is 71.4 Å². The van der Waals surface area contributed by atoms with Gasteiger partial charge in [-0.3, -0.25) is 9.78 Å². The number of nitrogens with one attached hydrogen (secondary N) is 2. The second kappa shape index (κ2) is 10.4. The first-order chi connectivity index (χ1) is 17.5. The van der Waals surface area contributed by atoms with Crippen LogP contribution in [0.1, 0.15) is 66.5 Å². The van der Waals surface area contributed by atoms with Gasteiger partial charge in [-0.2, -0.15) is 0 Å². The number of methoxy groups -OCH3 is 1. The summed E-state index contributed by atoms with van der Waals surface area (Å²) in [5, 5.41) is 7.08. The zero-order valence-electron chi connectivity index (χ0n) is 21.0. The van der Waals surface area contributed by atoms with Crippen molar-refractivity contribution in [1.82, 2.24) is 14.9 Å². The van der Waals surface area contributed by atoms with Gasteiger partial charge in [-0.1, -0.05) is 18.9 Å². The molecule has 3 aromatic rings. The van der Waals surface area contributed by atoms with E-state index in [2.05, 4.69) is 51.1 Å². The van der Waals surface area contributed by atoms with Crippen molar-refractivity contribution in [2.75, 3.05) is 23.9 Å². The lowest BCUT2D eigenvalue weighted by molar-refractivity contribution is -0.119. The van der Waals surface area contributed by atoms with Crippen LogP contribution in [-0.4, -0.2) is 34.3 Å². The van der Waals surface area contributed by atoms with Gasteiger partial charge in [0, 0.05) is 42.1 Å². The zero-order valence-corrected chi connectivity index (χ0v) is 21.8. The highest BCUT2D eigenvalue weighted by molar-refractivity contribution is 7.80. The molecule has 1 amide bonds. The number of anilines is 2. The number of amides is 1. The molecular weight excluding hydrogens is 470 g/mol. The number of benzene rings is 1. The molecule has 0 radical (unpaired) electrons. The van der Waals surface area contributed by atoms with Crippen LogP contribution in [0, 0.1) is 13.8 Å². The van der Waals surface area contributed by atoms with E-state index in [1.807, 2.05) is 42.6 Å². The van der Waals surface area contributed by atoms with Crippen molar-refractivity contribution in [2.24, 2.45) is 0 Å². The van der Waals surface area contributed by atoms with Crippen LogP contribution in [0.2, 0.25) is 0 Å². The quantitative estimate of drug-likeness (QED) is 0.422. The van der Waals surface area contributed by atoms with Gasteiger partial charge in [0.15, 0.2) is 5.11 Å². The Bertz CT molecular complexity index is 1230. The standard InChI is InChI=1S/C28H33N5O2S/c1-18-16-23(19(2)32(18)21-8-4-5-9-21)27-26(24-10-6-7-15-29-24)31-28(36)33(27)22-13-11-20(12-14-22)30-25(34)17-35-3/h6-7,10-16,21,26-27H,4-5,8-9,17H2,1-3H3,(H,30,34)(H,31,36). The highest BCUT2D eigenvalue weighted by Crippen LogP contribution is 2.45. The number of rotatable bonds is 7. The minimum atomic E-state index is -0.184. The van der Waals surface area contributed by atoms with Crippen LogP contribution < -0.4 is 15.5 Å². The maximum absolute atomic E-state index is 11.9. The fourth-order valence-electron chi connectivity index (χ4n) is 5.81. The van der Waals surface area contributed by atoms with Crippen LogP contribution in [0.4, 0.5) is 11.4 Å². The SMILES string of the molecule is COCC(=O)Nc1ccc(N2C(=S)NC(c3ccccn3)C2c2cc(C)n(C3CCCC3)c2C)cc1. The number of nitrogens with zero attached hydrogens (tertiary/aromatic N) is 3. The molecule has 0 spiro atoms. The molecule has 1 aliphatic heterocycles. The molecule has 7 nitrogen and oxygen atoms in total. The fourth-order valence-corrected chi connectivity index (χ4v) is 6.15. The molecule has 1 saturated heterocycles. The van der Waals surface area contributed by atoms with Crippen LogP contribution in [0.5, 0.6) is 0 Å². The van der Waals surface area contributed by atoms with Crippen LogP contribution in [0.25, 0.3) is 0 Å². The third-order valence-corrected chi connectivity index (χ3v) is 7.65. The minimum absolute atomic E-state index is 0.0202. The molecular formula is C28H33N5O2S. The molecule has 2 N–H and O–H groups in total. The maximum atomic E-state index is 11.9. The largest absolute Gasteiger partial charge is 0.375 e. The Morgan fingerprint density at radius 1 is 1.17 bits per heavy atom. The van der Waals surface area contributed by atoms with E-state index in [1.165, 1.54) is 49.7 Å². The smallest absolute Gasteiger partial charge is 0.250 e. The molecule has 1 aromatic carbocycles. The van der Waals surface area contributed by atoms with Gasteiger partial charge >= 0.3 is 0 Å². The van der Waals surface area contributed by atoms with Crippen molar-refractivity contribution in [3.05, 3.63) is 77.4 Å².